The van der Waals surface area contributed by atoms with E-state index in [1.54, 1.807) is 24.0 Å². The molecule has 0 saturated heterocycles. The molecule has 1 saturated carbocycles. The molecule has 4 heterocycles. The Balaban J connectivity index is 0.000000164. The van der Waals surface area contributed by atoms with Crippen LogP contribution < -0.4 is 16.4 Å². The molecule has 0 amide bonds. The summed E-state index contributed by atoms with van der Waals surface area (Å²) in [5.74, 6) is 0.656. The molecule has 1 aliphatic rings. The smallest absolute Gasteiger partial charge is 0.271 e. The van der Waals surface area contributed by atoms with E-state index in [2.05, 4.69) is 32.9 Å². The van der Waals surface area contributed by atoms with E-state index >= 15 is 0 Å². The Labute approximate surface area is 223 Å². The molecule has 37 heavy (non-hydrogen) atoms. The van der Waals surface area contributed by atoms with Crippen molar-refractivity contribution in [2.75, 3.05) is 12.4 Å². The van der Waals surface area contributed by atoms with Gasteiger partial charge in [-0.3, -0.25) is 18.7 Å². The summed E-state index contributed by atoms with van der Waals surface area (Å²) in [6.45, 7) is 1.79. The molecule has 8 nitrogen and oxygen atoms in total. The van der Waals surface area contributed by atoms with Gasteiger partial charge in [0, 0.05) is 31.2 Å². The lowest BCUT2D eigenvalue weighted by Crippen LogP contribution is -2.26. The van der Waals surface area contributed by atoms with Crippen LogP contribution >= 0.6 is 24.0 Å². The second-order valence-corrected chi connectivity index (χ2v) is 10.5. The maximum Gasteiger partial charge on any atom is 0.271 e. The van der Waals surface area contributed by atoms with E-state index in [1.807, 2.05) is 48.0 Å². The highest BCUT2D eigenvalue weighted by atomic mass is 32.1. The molecule has 5 aromatic rings. The van der Waals surface area contributed by atoms with Crippen LogP contribution in [0.5, 0.6) is 0 Å². The Morgan fingerprint density at radius 3 is 2.49 bits per heavy atom. The number of pyridine rings is 1. The molecular formula is C27H28N6O2S2. The Hall–Kier alpha value is -3.50. The van der Waals surface area contributed by atoms with Crippen molar-refractivity contribution in [3.8, 4) is 5.69 Å². The summed E-state index contributed by atoms with van der Waals surface area (Å²) in [7, 11) is 1.88. The van der Waals surface area contributed by atoms with Crippen molar-refractivity contribution in [3.05, 3.63) is 81.7 Å². The molecule has 190 valence electrons. The fourth-order valence-electron chi connectivity index (χ4n) is 4.80. The van der Waals surface area contributed by atoms with Crippen molar-refractivity contribution >= 4 is 50.1 Å². The number of fused-ring (bicyclic) bond motifs is 3. The van der Waals surface area contributed by atoms with Gasteiger partial charge in [-0.1, -0.05) is 37.5 Å². The Kier molecular flexibility index (Phi) is 7.38. The van der Waals surface area contributed by atoms with Crippen molar-refractivity contribution in [1.82, 2.24) is 24.1 Å². The SMILES string of the molecule is CNc1ccnc2sc3c(=O)n(C4CCCCC4)cnc3c12.Cc1ncc(S)c(=O)n1-c1ccccc1. The van der Waals surface area contributed by atoms with Gasteiger partial charge in [0.15, 0.2) is 0 Å². The molecule has 0 aliphatic heterocycles. The number of hydrogen-bond acceptors (Lipinski definition) is 8. The van der Waals surface area contributed by atoms with Gasteiger partial charge in [-0.2, -0.15) is 0 Å². The van der Waals surface area contributed by atoms with E-state index in [-0.39, 0.29) is 11.1 Å². The number of nitrogens with zero attached hydrogens (tertiary/aromatic N) is 5. The van der Waals surface area contributed by atoms with Crippen LogP contribution in [0, 0.1) is 6.92 Å². The van der Waals surface area contributed by atoms with Gasteiger partial charge in [-0.05, 0) is 38.0 Å². The van der Waals surface area contributed by atoms with E-state index in [1.165, 1.54) is 36.8 Å². The van der Waals surface area contributed by atoms with E-state index in [4.69, 9.17) is 0 Å². The van der Waals surface area contributed by atoms with Crippen LogP contribution in [0.3, 0.4) is 0 Å². The normalized spacial score (nSPS) is 13.9. The first kappa shape index (κ1) is 25.2. The molecule has 1 fully saturated rings. The zero-order chi connectivity index (χ0) is 25.9. The fourth-order valence-corrected chi connectivity index (χ4v) is 6.02. The average molecular weight is 533 g/mol. The van der Waals surface area contributed by atoms with E-state index in [0.29, 0.717) is 16.8 Å². The summed E-state index contributed by atoms with van der Waals surface area (Å²) in [6.07, 6.45) is 10.8. The number of hydrogen-bond donors (Lipinski definition) is 2. The quantitative estimate of drug-likeness (QED) is 0.303. The third-order valence-corrected chi connectivity index (χ3v) is 8.06. The first-order valence-corrected chi connectivity index (χ1v) is 13.5. The molecule has 0 radical (unpaired) electrons. The molecule has 0 atom stereocenters. The first-order chi connectivity index (χ1) is 18.0. The van der Waals surface area contributed by atoms with Crippen LogP contribution in [0.4, 0.5) is 5.69 Å². The lowest BCUT2D eigenvalue weighted by atomic mass is 9.95. The molecule has 0 unspecified atom stereocenters. The minimum absolute atomic E-state index is 0.0851. The summed E-state index contributed by atoms with van der Waals surface area (Å²) in [5, 5.41) is 4.12. The highest BCUT2D eigenvalue weighted by molar-refractivity contribution is 7.80. The second kappa shape index (κ2) is 10.9. The summed E-state index contributed by atoms with van der Waals surface area (Å²) < 4.78 is 4.11. The predicted molar refractivity (Wildman–Crippen MR) is 153 cm³/mol. The lowest BCUT2D eigenvalue weighted by Gasteiger charge is -2.23. The fraction of sp³-hybridized carbons (Fsp3) is 0.296. The zero-order valence-electron chi connectivity index (χ0n) is 20.7. The number of nitrogens with one attached hydrogen (secondary N) is 1. The summed E-state index contributed by atoms with van der Waals surface area (Å²) in [5.41, 5.74) is 2.50. The largest absolute Gasteiger partial charge is 0.387 e. The number of rotatable bonds is 3. The third kappa shape index (κ3) is 4.91. The van der Waals surface area contributed by atoms with Crippen LogP contribution in [-0.2, 0) is 0 Å². The highest BCUT2D eigenvalue weighted by Gasteiger charge is 2.20. The predicted octanol–water partition coefficient (Wildman–Crippen LogP) is 5.38. The zero-order valence-corrected chi connectivity index (χ0v) is 22.4. The molecule has 0 bridgehead atoms. The number of benzene rings is 1. The molecule has 1 N–H and O–H groups in total. The van der Waals surface area contributed by atoms with Gasteiger partial charge < -0.3 is 5.32 Å². The monoisotopic (exact) mass is 532 g/mol. The molecule has 10 heteroatoms. The third-order valence-electron chi connectivity index (χ3n) is 6.68. The van der Waals surface area contributed by atoms with E-state index in [9.17, 15) is 9.59 Å². The Morgan fingerprint density at radius 1 is 1.00 bits per heavy atom. The second-order valence-electron chi connectivity index (χ2n) is 8.98. The van der Waals surface area contributed by atoms with Crippen LogP contribution in [-0.4, -0.2) is 31.1 Å². The van der Waals surface area contributed by atoms with Gasteiger partial charge in [0.05, 0.1) is 27.8 Å². The molecule has 1 aliphatic carbocycles. The minimum atomic E-state index is -0.142. The average Bonchev–Trinajstić information content (AvgIpc) is 3.33. The van der Waals surface area contributed by atoms with Gasteiger partial charge in [-0.25, -0.2) is 15.0 Å². The van der Waals surface area contributed by atoms with Crippen molar-refractivity contribution in [3.63, 3.8) is 0 Å². The summed E-state index contributed by atoms with van der Waals surface area (Å²) in [6, 6.07) is 11.6. The summed E-state index contributed by atoms with van der Waals surface area (Å²) in [4.78, 5) is 39.0. The highest BCUT2D eigenvalue weighted by Crippen LogP contribution is 2.34. The Bertz CT molecular complexity index is 1670. The van der Waals surface area contributed by atoms with Crippen molar-refractivity contribution in [2.24, 2.45) is 0 Å². The minimum Gasteiger partial charge on any atom is -0.387 e. The maximum atomic E-state index is 12.9. The van der Waals surface area contributed by atoms with Gasteiger partial charge in [-0.15, -0.1) is 24.0 Å². The number of thiol groups is 1. The van der Waals surface area contributed by atoms with E-state index in [0.717, 1.165) is 44.6 Å². The topological polar surface area (TPSA) is 94.7 Å². The first-order valence-electron chi connectivity index (χ1n) is 12.3. The number of anilines is 1. The Morgan fingerprint density at radius 2 is 1.76 bits per heavy atom. The van der Waals surface area contributed by atoms with Crippen molar-refractivity contribution < 1.29 is 0 Å². The van der Waals surface area contributed by atoms with Gasteiger partial charge >= 0.3 is 0 Å². The number of para-hydroxylation sites is 1. The van der Waals surface area contributed by atoms with Crippen LogP contribution in [0.15, 0.2) is 69.6 Å². The van der Waals surface area contributed by atoms with Crippen LogP contribution in [0.1, 0.15) is 44.0 Å². The molecule has 4 aromatic heterocycles. The molecule has 1 aromatic carbocycles. The van der Waals surface area contributed by atoms with Crippen LogP contribution in [0.2, 0.25) is 0 Å². The van der Waals surface area contributed by atoms with E-state index < -0.39 is 0 Å². The van der Waals surface area contributed by atoms with Gasteiger partial charge in [0.25, 0.3) is 11.1 Å². The van der Waals surface area contributed by atoms with Gasteiger partial charge in [0.2, 0.25) is 0 Å². The number of aryl methyl sites for hydroxylation is 1. The molecule has 0 spiro atoms. The maximum absolute atomic E-state index is 12.9. The number of aromatic nitrogens is 5. The van der Waals surface area contributed by atoms with Crippen molar-refractivity contribution in [1.29, 1.82) is 0 Å². The lowest BCUT2D eigenvalue weighted by molar-refractivity contribution is 0.345. The molecular weight excluding hydrogens is 504 g/mol. The molecule has 6 rings (SSSR count). The van der Waals surface area contributed by atoms with Crippen LogP contribution in [0.25, 0.3) is 26.1 Å². The standard InChI is InChI=1S/C16H18N4OS.C11H10N2OS/c1-17-11-7-8-18-15-12(11)13-14(22-15)16(21)20(9-19-13)10-5-3-2-4-6-10;1-8-12-7-10(15)11(14)13(8)9-5-3-2-4-6-9/h7-10H,2-6H2,1H3,(H,17,18);2-7,15H,1H3. The van der Waals surface area contributed by atoms with Gasteiger partial charge in [0.1, 0.15) is 15.4 Å². The summed E-state index contributed by atoms with van der Waals surface area (Å²) >= 11 is 5.52. The number of thiophene rings is 1. The van der Waals surface area contributed by atoms with Crippen molar-refractivity contribution in [2.45, 2.75) is 50.0 Å².